The predicted molar refractivity (Wildman–Crippen MR) is 59.2 cm³/mol. The van der Waals surface area contributed by atoms with E-state index in [1.807, 2.05) is 13.8 Å². The van der Waals surface area contributed by atoms with Crippen molar-refractivity contribution >= 4 is 23.1 Å². The largest absolute Gasteiger partial charge is 1.00 e. The minimum absolute atomic E-state index is 0. The Morgan fingerprint density at radius 2 is 1.75 bits per heavy atom. The highest BCUT2D eigenvalue weighted by molar-refractivity contribution is 6.30. The van der Waals surface area contributed by atoms with Crippen LogP contribution in [0.5, 0.6) is 0 Å². The number of ketones is 1. The molecule has 0 bridgehead atoms. The Labute approximate surface area is 105 Å². The number of nitrogens with two attached hydrogens (primary N) is 1. The van der Waals surface area contributed by atoms with E-state index < -0.39 is 5.82 Å². The molecule has 2 N–H and O–H groups in total. The summed E-state index contributed by atoms with van der Waals surface area (Å²) in [5.41, 5.74) is 5.28. The summed E-state index contributed by atoms with van der Waals surface area (Å²) in [5, 5.41) is 0.363. The molecule has 0 aromatic heterocycles. The molecule has 0 amide bonds. The minimum Gasteiger partial charge on any atom is -1.00 e. The van der Waals surface area contributed by atoms with Gasteiger partial charge in [-0.25, -0.2) is 4.39 Å². The Morgan fingerprint density at radius 3 is 2.00 bits per heavy atom. The third-order valence-corrected chi connectivity index (χ3v) is 2.74. The highest BCUT2D eigenvalue weighted by Crippen LogP contribution is 2.31. The van der Waals surface area contributed by atoms with Crippen LogP contribution >= 0.6 is 11.6 Å². The van der Waals surface area contributed by atoms with Gasteiger partial charge in [0, 0.05) is 16.9 Å². The monoisotopic (exact) mass is 264 g/mol. The molecule has 2 unspecified atom stereocenters. The second-order valence-corrected chi connectivity index (χ2v) is 4.08. The van der Waals surface area contributed by atoms with Crippen molar-refractivity contribution in [3.8, 4) is 0 Å². The van der Waals surface area contributed by atoms with E-state index in [1.54, 1.807) is 6.07 Å². The van der Waals surface area contributed by atoms with E-state index in [-0.39, 0.29) is 18.1 Å². The van der Waals surface area contributed by atoms with E-state index >= 15 is 0 Å². The SMILES string of the molecule is CC1C(=O)C1C.Nc1ccc(Cl)cc1F.[Cl-]. The van der Waals surface area contributed by atoms with Crippen molar-refractivity contribution in [1.82, 2.24) is 0 Å². The lowest BCUT2D eigenvalue weighted by Crippen LogP contribution is -3.00. The molecule has 1 saturated carbocycles. The van der Waals surface area contributed by atoms with Crippen molar-refractivity contribution in [1.29, 1.82) is 0 Å². The molecule has 2 nitrogen and oxygen atoms in total. The van der Waals surface area contributed by atoms with Crippen molar-refractivity contribution < 1.29 is 21.6 Å². The number of Topliss-reactive ketones (excluding diaryl/α,β-unsaturated/α-hetero) is 1. The average molecular weight is 265 g/mol. The first-order valence-electron chi connectivity index (χ1n) is 4.67. The lowest BCUT2D eigenvalue weighted by atomic mass is 10.3. The van der Waals surface area contributed by atoms with Crippen molar-refractivity contribution in [3.63, 3.8) is 0 Å². The van der Waals surface area contributed by atoms with Gasteiger partial charge < -0.3 is 18.1 Å². The van der Waals surface area contributed by atoms with Crippen molar-refractivity contribution in [2.75, 3.05) is 5.73 Å². The zero-order chi connectivity index (χ0) is 11.6. The molecule has 0 spiro atoms. The first-order chi connectivity index (χ1) is 6.93. The van der Waals surface area contributed by atoms with Crippen LogP contribution < -0.4 is 18.1 Å². The fourth-order valence-corrected chi connectivity index (χ4v) is 1.19. The van der Waals surface area contributed by atoms with Gasteiger partial charge in [0.15, 0.2) is 0 Å². The van der Waals surface area contributed by atoms with Crippen molar-refractivity contribution in [2.45, 2.75) is 13.8 Å². The number of halogens is 3. The highest BCUT2D eigenvalue weighted by atomic mass is 35.5. The molecule has 0 radical (unpaired) electrons. The first-order valence-corrected chi connectivity index (χ1v) is 5.05. The molecule has 0 heterocycles. The summed E-state index contributed by atoms with van der Waals surface area (Å²) >= 11 is 5.42. The second kappa shape index (κ2) is 6.06. The molecule has 90 valence electrons. The van der Waals surface area contributed by atoms with Crippen LogP contribution in [0.4, 0.5) is 10.1 Å². The Kier molecular flexibility index (Phi) is 5.76. The van der Waals surface area contributed by atoms with E-state index in [4.69, 9.17) is 17.3 Å². The van der Waals surface area contributed by atoms with Crippen molar-refractivity contribution in [2.24, 2.45) is 11.8 Å². The molecule has 2 atom stereocenters. The quantitative estimate of drug-likeness (QED) is 0.666. The summed E-state index contributed by atoms with van der Waals surface area (Å²) in [7, 11) is 0. The summed E-state index contributed by atoms with van der Waals surface area (Å²) in [6, 6.07) is 4.15. The number of hydrogen-bond acceptors (Lipinski definition) is 2. The zero-order valence-corrected chi connectivity index (χ0v) is 10.5. The van der Waals surface area contributed by atoms with Crippen LogP contribution in [-0.4, -0.2) is 5.78 Å². The van der Waals surface area contributed by atoms with Gasteiger partial charge in [-0.2, -0.15) is 0 Å². The van der Waals surface area contributed by atoms with Gasteiger partial charge in [-0.3, -0.25) is 4.79 Å². The number of benzene rings is 1. The molecule has 1 aliphatic rings. The number of rotatable bonds is 0. The molecule has 0 aliphatic heterocycles. The maximum absolute atomic E-state index is 12.4. The Bertz CT molecular complexity index is 374. The molecule has 16 heavy (non-hydrogen) atoms. The minimum atomic E-state index is -0.470. The number of anilines is 1. The molecule has 1 aliphatic carbocycles. The van der Waals surface area contributed by atoms with Crippen LogP contribution in [0.3, 0.4) is 0 Å². The smallest absolute Gasteiger partial charge is 0.147 e. The molecule has 0 saturated heterocycles. The maximum Gasteiger partial charge on any atom is 0.147 e. The average Bonchev–Trinajstić information content (AvgIpc) is 2.70. The van der Waals surface area contributed by atoms with Gasteiger partial charge in [-0.15, -0.1) is 0 Å². The van der Waals surface area contributed by atoms with E-state index in [9.17, 15) is 9.18 Å². The van der Waals surface area contributed by atoms with E-state index in [0.29, 0.717) is 22.6 Å². The third-order valence-electron chi connectivity index (χ3n) is 2.50. The van der Waals surface area contributed by atoms with Crippen LogP contribution in [0.1, 0.15) is 13.8 Å². The lowest BCUT2D eigenvalue weighted by Gasteiger charge is -1.93. The van der Waals surface area contributed by atoms with Crippen LogP contribution in [0, 0.1) is 17.7 Å². The van der Waals surface area contributed by atoms with Gasteiger partial charge in [-0.05, 0) is 18.2 Å². The fraction of sp³-hybridized carbons (Fsp3) is 0.364. The number of hydrogen-bond donors (Lipinski definition) is 1. The lowest BCUT2D eigenvalue weighted by molar-refractivity contribution is -0.111. The summed E-state index contributed by atoms with van der Waals surface area (Å²) in [6.07, 6.45) is 0. The Morgan fingerprint density at radius 1 is 1.31 bits per heavy atom. The van der Waals surface area contributed by atoms with Gasteiger partial charge in [0.2, 0.25) is 0 Å². The highest BCUT2D eigenvalue weighted by Gasteiger charge is 2.40. The number of carbonyl (C=O) groups is 1. The molecule has 1 aromatic rings. The molecular formula is C11H13Cl2FNO-. The maximum atomic E-state index is 12.4. The fourth-order valence-electron chi connectivity index (χ4n) is 1.03. The number of carbonyl (C=O) groups excluding carboxylic acids is 1. The van der Waals surface area contributed by atoms with E-state index in [2.05, 4.69) is 0 Å². The second-order valence-electron chi connectivity index (χ2n) is 3.65. The molecule has 2 rings (SSSR count). The summed E-state index contributed by atoms with van der Waals surface area (Å²) in [6.45, 7) is 3.93. The summed E-state index contributed by atoms with van der Waals surface area (Å²) in [4.78, 5) is 10.2. The summed E-state index contributed by atoms with van der Waals surface area (Å²) < 4.78 is 12.4. The van der Waals surface area contributed by atoms with Gasteiger partial charge in [-0.1, -0.05) is 25.4 Å². The Balaban J connectivity index is 0.000000283. The molecule has 5 heteroatoms. The van der Waals surface area contributed by atoms with Crippen LogP contribution in [0.2, 0.25) is 5.02 Å². The molecule has 1 aromatic carbocycles. The van der Waals surface area contributed by atoms with E-state index in [1.165, 1.54) is 12.1 Å². The molecular weight excluding hydrogens is 252 g/mol. The van der Waals surface area contributed by atoms with Gasteiger partial charge in [0.25, 0.3) is 0 Å². The van der Waals surface area contributed by atoms with Crippen LogP contribution in [0.15, 0.2) is 18.2 Å². The summed E-state index contributed by atoms with van der Waals surface area (Å²) in [5.74, 6) is 0.715. The standard InChI is InChI=1S/C6H5ClFN.C5H8O.ClH/c7-4-1-2-6(9)5(8)3-4;1-3-4(2)5(3)6;/h1-3H,9H2;3-4H,1-2H3;1H/p-1. The van der Waals surface area contributed by atoms with Crippen LogP contribution in [0.25, 0.3) is 0 Å². The third kappa shape index (κ3) is 3.99. The molecule has 1 fully saturated rings. The normalized spacial score (nSPS) is 21.6. The van der Waals surface area contributed by atoms with Gasteiger partial charge in [0.1, 0.15) is 11.6 Å². The van der Waals surface area contributed by atoms with Gasteiger partial charge in [0.05, 0.1) is 5.69 Å². The van der Waals surface area contributed by atoms with Gasteiger partial charge >= 0.3 is 0 Å². The zero-order valence-electron chi connectivity index (χ0n) is 9.01. The van der Waals surface area contributed by atoms with Crippen molar-refractivity contribution in [3.05, 3.63) is 29.0 Å². The first kappa shape index (κ1) is 15.2. The number of nitrogen functional groups attached to an aromatic ring is 1. The van der Waals surface area contributed by atoms with E-state index in [0.717, 1.165) is 0 Å². The topological polar surface area (TPSA) is 43.1 Å². The predicted octanol–water partition coefficient (Wildman–Crippen LogP) is -0.0934. The Hall–Kier alpha value is -0.800. The van der Waals surface area contributed by atoms with Crippen LogP contribution in [-0.2, 0) is 4.79 Å².